The van der Waals surface area contributed by atoms with Crippen LogP contribution in [0.25, 0.3) is 0 Å². The molecule has 0 amide bonds. The number of benzene rings is 2. The Morgan fingerprint density at radius 1 is 1.22 bits per heavy atom. The molecule has 0 bridgehead atoms. The monoisotopic (exact) mass is 317 g/mol. The fourth-order valence-corrected chi connectivity index (χ4v) is 2.17. The maximum atomic E-state index is 11.0. The Morgan fingerprint density at radius 3 is 2.87 bits per heavy atom. The molecule has 0 aromatic heterocycles. The molecule has 0 aliphatic carbocycles. The molecule has 0 saturated carbocycles. The fraction of sp³-hybridized carbons (Fsp3) is 0.200. The summed E-state index contributed by atoms with van der Waals surface area (Å²) in [5, 5.41) is 14.0. The average molecular weight is 317 g/mol. The van der Waals surface area contributed by atoms with E-state index in [1.165, 1.54) is 6.07 Å². The van der Waals surface area contributed by atoms with E-state index in [0.29, 0.717) is 41.8 Å². The highest BCUT2D eigenvalue weighted by Crippen LogP contribution is 2.35. The number of ether oxygens (including phenoxy) is 3. The van der Waals surface area contributed by atoms with Crippen LogP contribution in [0.5, 0.6) is 17.2 Å². The molecule has 23 heavy (non-hydrogen) atoms. The van der Waals surface area contributed by atoms with E-state index in [4.69, 9.17) is 19.9 Å². The number of fused-ring (bicyclic) bond motifs is 1. The summed E-state index contributed by atoms with van der Waals surface area (Å²) in [4.78, 5) is 10.5. The number of nitrogens with zero attached hydrogens (tertiary/aromatic N) is 1. The molecule has 1 aliphatic heterocycles. The summed E-state index contributed by atoms with van der Waals surface area (Å²) in [6.07, 6.45) is 0. The first-order valence-electron chi connectivity index (χ1n) is 6.94. The molecule has 8 nitrogen and oxygen atoms in total. The third kappa shape index (κ3) is 3.37. The molecule has 0 radical (unpaired) electrons. The smallest absolute Gasteiger partial charge is 0.294 e. The second-order valence-corrected chi connectivity index (χ2v) is 4.82. The highest BCUT2D eigenvalue weighted by molar-refractivity contribution is 5.66. The lowest BCUT2D eigenvalue weighted by Gasteiger charge is -2.09. The van der Waals surface area contributed by atoms with E-state index in [-0.39, 0.29) is 12.5 Å². The van der Waals surface area contributed by atoms with Gasteiger partial charge >= 0.3 is 0 Å². The predicted molar refractivity (Wildman–Crippen MR) is 84.1 cm³/mol. The fourth-order valence-electron chi connectivity index (χ4n) is 2.17. The van der Waals surface area contributed by atoms with Gasteiger partial charge in [0.15, 0.2) is 11.5 Å². The minimum Gasteiger partial charge on any atom is -0.492 e. The van der Waals surface area contributed by atoms with Gasteiger partial charge in [0, 0.05) is 24.4 Å². The van der Waals surface area contributed by atoms with Gasteiger partial charge in [0.25, 0.3) is 5.69 Å². The Labute approximate surface area is 131 Å². The van der Waals surface area contributed by atoms with Crippen molar-refractivity contribution in [2.24, 2.45) is 0 Å². The van der Waals surface area contributed by atoms with Crippen molar-refractivity contribution in [2.45, 2.75) is 0 Å². The van der Waals surface area contributed by atoms with E-state index in [0.717, 1.165) is 0 Å². The first-order chi connectivity index (χ1) is 11.1. The number of nitrogen functional groups attached to an aromatic ring is 1. The minimum atomic E-state index is -0.475. The van der Waals surface area contributed by atoms with E-state index < -0.39 is 4.92 Å². The molecule has 1 heterocycles. The van der Waals surface area contributed by atoms with Crippen LogP contribution in [0.3, 0.4) is 0 Å². The molecule has 0 fully saturated rings. The number of nitrogens with one attached hydrogen (secondary N) is 1. The third-order valence-corrected chi connectivity index (χ3v) is 3.25. The number of nitro benzene ring substituents is 1. The molecule has 3 rings (SSSR count). The standard InChI is InChI=1S/C15H15N3O5/c16-10-1-3-12(13(7-10)18(19)20)17-5-6-21-11-2-4-14-15(8-11)23-9-22-14/h1-4,7-8,17H,5-6,9,16H2. The Bertz CT molecular complexity index is 735. The van der Waals surface area contributed by atoms with Crippen molar-refractivity contribution < 1.29 is 19.1 Å². The van der Waals surface area contributed by atoms with Gasteiger partial charge in [0.2, 0.25) is 6.79 Å². The first kappa shape index (κ1) is 14.8. The zero-order valence-electron chi connectivity index (χ0n) is 12.2. The quantitative estimate of drug-likeness (QED) is 0.364. The topological polar surface area (TPSA) is 109 Å². The van der Waals surface area contributed by atoms with Crippen LogP contribution in [0.2, 0.25) is 0 Å². The second-order valence-electron chi connectivity index (χ2n) is 4.82. The molecule has 0 spiro atoms. The van der Waals surface area contributed by atoms with Gasteiger partial charge in [-0.05, 0) is 24.3 Å². The zero-order valence-corrected chi connectivity index (χ0v) is 12.2. The van der Waals surface area contributed by atoms with Crippen molar-refractivity contribution in [3.8, 4) is 17.2 Å². The van der Waals surface area contributed by atoms with Crippen LogP contribution in [0.15, 0.2) is 36.4 Å². The summed E-state index contributed by atoms with van der Waals surface area (Å²) in [5.74, 6) is 1.97. The SMILES string of the molecule is Nc1ccc(NCCOc2ccc3c(c2)OCO3)c([N+](=O)[O-])c1. The highest BCUT2D eigenvalue weighted by atomic mass is 16.7. The number of nitro groups is 1. The van der Waals surface area contributed by atoms with Crippen LogP contribution in [-0.2, 0) is 0 Å². The van der Waals surface area contributed by atoms with Gasteiger partial charge in [0.1, 0.15) is 18.0 Å². The lowest BCUT2D eigenvalue weighted by atomic mass is 10.2. The molecule has 3 N–H and O–H groups in total. The number of rotatable bonds is 6. The van der Waals surface area contributed by atoms with Gasteiger partial charge in [-0.2, -0.15) is 0 Å². The van der Waals surface area contributed by atoms with Crippen LogP contribution in [-0.4, -0.2) is 24.9 Å². The molecule has 120 valence electrons. The second kappa shape index (κ2) is 6.30. The van der Waals surface area contributed by atoms with Gasteiger partial charge < -0.3 is 25.3 Å². The first-order valence-corrected chi connectivity index (χ1v) is 6.94. The van der Waals surface area contributed by atoms with E-state index in [9.17, 15) is 10.1 Å². The number of anilines is 2. The summed E-state index contributed by atoms with van der Waals surface area (Å²) >= 11 is 0. The van der Waals surface area contributed by atoms with E-state index in [1.807, 2.05) is 0 Å². The number of hydrogen-bond donors (Lipinski definition) is 2. The van der Waals surface area contributed by atoms with Gasteiger partial charge in [-0.15, -0.1) is 0 Å². The van der Waals surface area contributed by atoms with E-state index in [1.54, 1.807) is 30.3 Å². The van der Waals surface area contributed by atoms with Crippen molar-refractivity contribution >= 4 is 17.1 Å². The molecule has 2 aromatic carbocycles. The van der Waals surface area contributed by atoms with Crippen LogP contribution in [0.4, 0.5) is 17.1 Å². The number of nitrogens with two attached hydrogens (primary N) is 1. The van der Waals surface area contributed by atoms with Crippen LogP contribution in [0.1, 0.15) is 0 Å². The normalized spacial score (nSPS) is 12.0. The van der Waals surface area contributed by atoms with Gasteiger partial charge in [0.05, 0.1) is 4.92 Å². The maximum Gasteiger partial charge on any atom is 0.294 e. The summed E-state index contributed by atoms with van der Waals surface area (Å²) in [6, 6.07) is 9.80. The molecule has 1 aliphatic rings. The van der Waals surface area contributed by atoms with Gasteiger partial charge in [-0.25, -0.2) is 0 Å². The predicted octanol–water partition coefficient (Wildman–Crippen LogP) is 2.40. The Hall–Kier alpha value is -3.16. The Balaban J connectivity index is 1.55. The summed E-state index contributed by atoms with van der Waals surface area (Å²) in [5.41, 5.74) is 6.25. The van der Waals surface area contributed by atoms with Crippen LogP contribution in [0, 0.1) is 10.1 Å². The number of hydrogen-bond acceptors (Lipinski definition) is 7. The zero-order chi connectivity index (χ0) is 16.2. The molecule has 0 unspecified atom stereocenters. The Kier molecular flexibility index (Phi) is 4.05. The van der Waals surface area contributed by atoms with Crippen molar-refractivity contribution in [3.05, 3.63) is 46.5 Å². The summed E-state index contributed by atoms with van der Waals surface area (Å²) < 4.78 is 16.1. The highest BCUT2D eigenvalue weighted by Gasteiger charge is 2.15. The lowest BCUT2D eigenvalue weighted by molar-refractivity contribution is -0.383. The molecule has 0 saturated heterocycles. The van der Waals surface area contributed by atoms with Crippen molar-refractivity contribution in [3.63, 3.8) is 0 Å². The van der Waals surface area contributed by atoms with Crippen molar-refractivity contribution in [1.82, 2.24) is 0 Å². The summed E-state index contributed by atoms with van der Waals surface area (Å²) in [6.45, 7) is 0.946. The van der Waals surface area contributed by atoms with Crippen molar-refractivity contribution in [1.29, 1.82) is 0 Å². The van der Waals surface area contributed by atoms with Crippen LogP contribution >= 0.6 is 0 Å². The van der Waals surface area contributed by atoms with Gasteiger partial charge in [-0.3, -0.25) is 10.1 Å². The molecule has 8 heteroatoms. The minimum absolute atomic E-state index is 0.0620. The maximum absolute atomic E-state index is 11.0. The van der Waals surface area contributed by atoms with Crippen molar-refractivity contribution in [2.75, 3.05) is 31.0 Å². The summed E-state index contributed by atoms with van der Waals surface area (Å²) in [7, 11) is 0. The average Bonchev–Trinajstić information content (AvgIpc) is 3.00. The molecular weight excluding hydrogens is 302 g/mol. The molecular formula is C15H15N3O5. The molecule has 2 aromatic rings. The lowest BCUT2D eigenvalue weighted by Crippen LogP contribution is -2.12. The Morgan fingerprint density at radius 2 is 2.04 bits per heavy atom. The van der Waals surface area contributed by atoms with Gasteiger partial charge in [-0.1, -0.05) is 0 Å². The van der Waals surface area contributed by atoms with E-state index >= 15 is 0 Å². The van der Waals surface area contributed by atoms with E-state index in [2.05, 4.69) is 5.32 Å². The third-order valence-electron chi connectivity index (χ3n) is 3.25. The largest absolute Gasteiger partial charge is 0.492 e. The van der Waals surface area contributed by atoms with Crippen LogP contribution < -0.4 is 25.3 Å². The molecule has 0 atom stereocenters.